The maximum absolute atomic E-state index is 6.15. The van der Waals surface area contributed by atoms with Gasteiger partial charge in [-0.05, 0) is 22.9 Å². The molecule has 0 bridgehead atoms. The highest BCUT2D eigenvalue weighted by molar-refractivity contribution is 7.84. The highest BCUT2D eigenvalue weighted by Crippen LogP contribution is 2.58. The minimum absolute atomic E-state index is 0.819. The average Bonchev–Trinajstić information content (AvgIpc) is 2.55. The minimum Gasteiger partial charge on any atom is -0.453 e. The SMILES string of the molecule is C=CC1=C(C=C)P(Cl)Oc2ccccc21.CC.CCCC. The van der Waals surface area contributed by atoms with Gasteiger partial charge < -0.3 is 4.52 Å². The van der Waals surface area contributed by atoms with Crippen LogP contribution in [0.4, 0.5) is 0 Å². The second-order valence-electron chi connectivity index (χ2n) is 4.04. The summed E-state index contributed by atoms with van der Waals surface area (Å²) in [6, 6.07) is 7.80. The van der Waals surface area contributed by atoms with E-state index in [9.17, 15) is 0 Å². The standard InChI is InChI=1S/C12H10ClOP.C4H10.C2H6/c1-3-9-10-7-5-6-8-11(10)14-15(13)12(9)4-2;1-3-4-2;1-2/h3-8H,1-2H2;3-4H2,1-2H3;1-2H3. The summed E-state index contributed by atoms with van der Waals surface area (Å²) in [6.45, 7) is 15.9. The molecule has 1 aromatic rings. The molecule has 3 heteroatoms. The zero-order valence-corrected chi connectivity index (χ0v) is 15.2. The Morgan fingerprint density at radius 3 is 2.14 bits per heavy atom. The summed E-state index contributed by atoms with van der Waals surface area (Å²) in [7, 11) is -1.12. The van der Waals surface area contributed by atoms with Gasteiger partial charge in [0.2, 0.25) is 7.50 Å². The largest absolute Gasteiger partial charge is 0.453 e. The first-order chi connectivity index (χ1) is 10.2. The lowest BCUT2D eigenvalue weighted by atomic mass is 10.0. The fourth-order valence-electron chi connectivity index (χ4n) is 1.53. The molecule has 0 fully saturated rings. The van der Waals surface area contributed by atoms with Gasteiger partial charge >= 0.3 is 0 Å². The molecule has 0 spiro atoms. The topological polar surface area (TPSA) is 9.23 Å². The molecule has 1 heterocycles. The number of halogens is 1. The van der Waals surface area contributed by atoms with Gasteiger partial charge in [-0.25, -0.2) is 0 Å². The van der Waals surface area contributed by atoms with Crippen LogP contribution in [0.5, 0.6) is 5.75 Å². The summed E-state index contributed by atoms with van der Waals surface area (Å²) in [4.78, 5) is 0. The van der Waals surface area contributed by atoms with Crippen LogP contribution in [0.25, 0.3) is 5.57 Å². The van der Waals surface area contributed by atoms with Gasteiger partial charge in [0.1, 0.15) is 5.75 Å². The summed E-state index contributed by atoms with van der Waals surface area (Å²) in [5.74, 6) is 0.819. The van der Waals surface area contributed by atoms with Crippen LogP contribution in [0.2, 0.25) is 0 Å². The molecule has 116 valence electrons. The Balaban J connectivity index is 0.000000579. The van der Waals surface area contributed by atoms with Crippen LogP contribution in [-0.4, -0.2) is 0 Å². The predicted molar refractivity (Wildman–Crippen MR) is 99.1 cm³/mol. The van der Waals surface area contributed by atoms with Crippen molar-refractivity contribution in [2.24, 2.45) is 0 Å². The summed E-state index contributed by atoms with van der Waals surface area (Å²) in [6.07, 6.45) is 6.18. The number of para-hydroxylation sites is 1. The Hall–Kier alpha value is -1.04. The minimum atomic E-state index is -1.12. The maximum Gasteiger partial charge on any atom is 0.215 e. The smallest absolute Gasteiger partial charge is 0.215 e. The molecule has 1 aromatic carbocycles. The normalized spacial score (nSPS) is 15.4. The third kappa shape index (κ3) is 5.69. The quantitative estimate of drug-likeness (QED) is 0.521. The monoisotopic (exact) mass is 324 g/mol. The van der Waals surface area contributed by atoms with Gasteiger partial charge in [0.15, 0.2) is 0 Å². The summed E-state index contributed by atoms with van der Waals surface area (Å²) in [5, 5.41) is 0.931. The van der Waals surface area contributed by atoms with Crippen molar-refractivity contribution in [2.75, 3.05) is 0 Å². The molecule has 1 nitrogen and oxygen atoms in total. The number of hydrogen-bond donors (Lipinski definition) is 0. The Bertz CT molecular complexity index is 478. The molecule has 0 radical (unpaired) electrons. The van der Waals surface area contributed by atoms with Crippen molar-refractivity contribution in [3.05, 3.63) is 60.5 Å². The van der Waals surface area contributed by atoms with Gasteiger partial charge in [-0.15, -0.1) is 0 Å². The van der Waals surface area contributed by atoms with E-state index >= 15 is 0 Å². The van der Waals surface area contributed by atoms with Crippen LogP contribution < -0.4 is 4.52 Å². The molecule has 0 aliphatic carbocycles. The maximum atomic E-state index is 6.15. The van der Waals surface area contributed by atoms with Crippen LogP contribution in [0.15, 0.2) is 54.9 Å². The van der Waals surface area contributed by atoms with Gasteiger partial charge in [-0.1, -0.05) is 84.0 Å². The number of benzene rings is 1. The van der Waals surface area contributed by atoms with Gasteiger partial charge in [-0.2, -0.15) is 0 Å². The van der Waals surface area contributed by atoms with Gasteiger partial charge in [0.05, 0.1) is 0 Å². The third-order valence-electron chi connectivity index (χ3n) is 2.72. The fraction of sp³-hybridized carbons (Fsp3) is 0.333. The molecule has 1 atom stereocenters. The number of allylic oxidation sites excluding steroid dienone is 4. The number of hydrogen-bond acceptors (Lipinski definition) is 1. The Morgan fingerprint density at radius 2 is 1.67 bits per heavy atom. The third-order valence-corrected chi connectivity index (χ3v) is 4.63. The van der Waals surface area contributed by atoms with E-state index in [0.29, 0.717) is 0 Å². The first kappa shape index (κ1) is 20.0. The second kappa shape index (κ2) is 11.6. The summed E-state index contributed by atoms with van der Waals surface area (Å²) < 4.78 is 5.62. The molecule has 0 N–H and O–H groups in total. The lowest BCUT2D eigenvalue weighted by Gasteiger charge is -2.23. The molecule has 0 saturated carbocycles. The van der Waals surface area contributed by atoms with Gasteiger partial charge in [0, 0.05) is 10.9 Å². The molecule has 2 rings (SSSR count). The predicted octanol–water partition coefficient (Wildman–Crippen LogP) is 7.55. The van der Waals surface area contributed by atoms with E-state index in [1.165, 1.54) is 12.8 Å². The van der Waals surface area contributed by atoms with Gasteiger partial charge in [-0.3, -0.25) is 0 Å². The number of fused-ring (bicyclic) bond motifs is 1. The molecular formula is C18H26ClOP. The number of unbranched alkanes of at least 4 members (excludes halogenated alkanes) is 1. The molecule has 1 aliphatic rings. The lowest BCUT2D eigenvalue weighted by Crippen LogP contribution is -1.98. The van der Waals surface area contributed by atoms with Crippen LogP contribution in [-0.2, 0) is 0 Å². The Kier molecular flexibility index (Phi) is 11.0. The molecule has 0 amide bonds. The molecule has 1 aliphatic heterocycles. The zero-order valence-electron chi connectivity index (χ0n) is 13.5. The van der Waals surface area contributed by atoms with Crippen molar-refractivity contribution in [1.29, 1.82) is 0 Å². The van der Waals surface area contributed by atoms with Crippen molar-refractivity contribution in [3.63, 3.8) is 0 Å². The van der Waals surface area contributed by atoms with E-state index in [2.05, 4.69) is 27.0 Å². The van der Waals surface area contributed by atoms with Crippen LogP contribution >= 0.6 is 18.7 Å². The van der Waals surface area contributed by atoms with E-state index < -0.39 is 7.50 Å². The van der Waals surface area contributed by atoms with E-state index in [1.54, 1.807) is 12.2 Å². The van der Waals surface area contributed by atoms with Gasteiger partial charge in [0.25, 0.3) is 0 Å². The van der Waals surface area contributed by atoms with Crippen molar-refractivity contribution in [3.8, 4) is 5.75 Å². The second-order valence-corrected chi connectivity index (χ2v) is 6.11. The highest BCUT2D eigenvalue weighted by Gasteiger charge is 2.24. The molecular weight excluding hydrogens is 299 g/mol. The van der Waals surface area contributed by atoms with E-state index in [4.69, 9.17) is 15.8 Å². The fourth-order valence-corrected chi connectivity index (χ4v) is 3.21. The molecule has 0 saturated heterocycles. The Morgan fingerprint density at radius 1 is 1.10 bits per heavy atom. The van der Waals surface area contributed by atoms with Crippen molar-refractivity contribution >= 4 is 24.3 Å². The van der Waals surface area contributed by atoms with Crippen LogP contribution in [0.1, 0.15) is 46.1 Å². The molecule has 21 heavy (non-hydrogen) atoms. The van der Waals surface area contributed by atoms with E-state index in [-0.39, 0.29) is 0 Å². The molecule has 1 unspecified atom stereocenters. The van der Waals surface area contributed by atoms with Crippen LogP contribution in [0, 0.1) is 0 Å². The number of rotatable bonds is 3. The molecule has 0 aromatic heterocycles. The van der Waals surface area contributed by atoms with Crippen molar-refractivity contribution < 1.29 is 4.52 Å². The first-order valence-electron chi connectivity index (χ1n) is 7.41. The Labute approximate surface area is 136 Å². The zero-order chi connectivity index (χ0) is 16.3. The van der Waals surface area contributed by atoms with Crippen LogP contribution in [0.3, 0.4) is 0 Å². The van der Waals surface area contributed by atoms with E-state index in [0.717, 1.165) is 22.2 Å². The van der Waals surface area contributed by atoms with Crippen molar-refractivity contribution in [2.45, 2.75) is 40.5 Å². The summed E-state index contributed by atoms with van der Waals surface area (Å²) in [5.41, 5.74) is 2.05. The summed E-state index contributed by atoms with van der Waals surface area (Å²) >= 11 is 6.15. The average molecular weight is 325 g/mol. The highest BCUT2D eigenvalue weighted by atomic mass is 35.7. The lowest BCUT2D eigenvalue weighted by molar-refractivity contribution is 0.626. The van der Waals surface area contributed by atoms with Crippen molar-refractivity contribution in [1.82, 2.24) is 0 Å². The first-order valence-corrected chi connectivity index (χ1v) is 9.58. The van der Waals surface area contributed by atoms with E-state index in [1.807, 2.05) is 38.1 Å².